The minimum Gasteiger partial charge on any atom is -0.496 e. The summed E-state index contributed by atoms with van der Waals surface area (Å²) in [6.07, 6.45) is 0. The van der Waals surface area contributed by atoms with Crippen LogP contribution in [0.25, 0.3) is 0 Å². The normalized spacial score (nSPS) is 14.1. The van der Waals surface area contributed by atoms with Gasteiger partial charge in [-0.3, -0.25) is 5.84 Å². The third-order valence-corrected chi connectivity index (χ3v) is 2.41. The van der Waals surface area contributed by atoms with Crippen molar-refractivity contribution < 1.29 is 4.74 Å². The quantitative estimate of drug-likeness (QED) is 0.574. The Hall–Kier alpha value is -1.57. The van der Waals surface area contributed by atoms with Gasteiger partial charge in [0.1, 0.15) is 11.3 Å². The molecule has 0 radical (unpaired) electrons. The molecule has 1 rings (SSSR count). The van der Waals surface area contributed by atoms with Gasteiger partial charge in [0.25, 0.3) is 0 Å². The molecule has 0 spiro atoms. The Morgan fingerprint density at radius 1 is 1.53 bits per heavy atom. The van der Waals surface area contributed by atoms with E-state index in [1.807, 2.05) is 25.1 Å². The lowest BCUT2D eigenvalue weighted by Crippen LogP contribution is -2.43. The molecule has 4 heteroatoms. The minimum absolute atomic E-state index is 0.655. The van der Waals surface area contributed by atoms with E-state index in [0.717, 1.165) is 11.1 Å². The number of nitrogens with one attached hydrogen (secondary N) is 1. The van der Waals surface area contributed by atoms with Gasteiger partial charge in [0.05, 0.1) is 13.2 Å². The van der Waals surface area contributed by atoms with Crippen LogP contribution in [0.3, 0.4) is 0 Å². The maximum Gasteiger partial charge on any atom is 0.145 e. The molecular formula is C11H15N3O. The van der Waals surface area contributed by atoms with Gasteiger partial charge in [0.15, 0.2) is 0 Å². The van der Waals surface area contributed by atoms with Crippen LogP contribution in [0.5, 0.6) is 5.75 Å². The van der Waals surface area contributed by atoms with Crippen LogP contribution >= 0.6 is 0 Å². The maximum absolute atomic E-state index is 9.10. The summed E-state index contributed by atoms with van der Waals surface area (Å²) >= 11 is 0. The Morgan fingerprint density at radius 2 is 2.20 bits per heavy atom. The number of methoxy groups -OCH3 is 1. The number of nitrogens with zero attached hydrogens (tertiary/aromatic N) is 1. The highest BCUT2D eigenvalue weighted by Crippen LogP contribution is 2.29. The molecule has 1 aromatic carbocycles. The summed E-state index contributed by atoms with van der Waals surface area (Å²) in [5.74, 6) is 6.05. The third-order valence-electron chi connectivity index (χ3n) is 2.41. The highest BCUT2D eigenvalue weighted by atomic mass is 16.5. The Morgan fingerprint density at radius 3 is 2.67 bits per heavy atom. The van der Waals surface area contributed by atoms with Crippen molar-refractivity contribution in [3.8, 4) is 11.8 Å². The summed E-state index contributed by atoms with van der Waals surface area (Å²) in [6, 6.07) is 7.78. The van der Waals surface area contributed by atoms with Gasteiger partial charge in [-0.25, -0.2) is 5.43 Å². The third kappa shape index (κ3) is 2.09. The Balaban J connectivity index is 3.34. The fourth-order valence-corrected chi connectivity index (χ4v) is 1.38. The van der Waals surface area contributed by atoms with Crippen LogP contribution in [0.1, 0.15) is 18.1 Å². The van der Waals surface area contributed by atoms with Gasteiger partial charge in [-0.15, -0.1) is 0 Å². The number of hydrogen-bond donors (Lipinski definition) is 2. The highest BCUT2D eigenvalue weighted by Gasteiger charge is 2.28. The first-order valence-electron chi connectivity index (χ1n) is 4.61. The van der Waals surface area contributed by atoms with E-state index in [9.17, 15) is 0 Å². The van der Waals surface area contributed by atoms with Crippen molar-refractivity contribution in [1.29, 1.82) is 5.26 Å². The topological polar surface area (TPSA) is 71.1 Å². The Labute approximate surface area is 89.6 Å². The van der Waals surface area contributed by atoms with Crippen LogP contribution < -0.4 is 16.0 Å². The molecule has 80 valence electrons. The van der Waals surface area contributed by atoms with E-state index >= 15 is 0 Å². The molecule has 4 nitrogen and oxygen atoms in total. The fourth-order valence-electron chi connectivity index (χ4n) is 1.38. The molecule has 0 aliphatic rings. The number of hydrogen-bond acceptors (Lipinski definition) is 4. The van der Waals surface area contributed by atoms with Crippen LogP contribution in [-0.4, -0.2) is 7.11 Å². The van der Waals surface area contributed by atoms with Crippen molar-refractivity contribution in [3.05, 3.63) is 29.3 Å². The van der Waals surface area contributed by atoms with Crippen molar-refractivity contribution >= 4 is 0 Å². The van der Waals surface area contributed by atoms with Gasteiger partial charge in [0.2, 0.25) is 0 Å². The zero-order valence-electron chi connectivity index (χ0n) is 9.16. The van der Waals surface area contributed by atoms with Crippen LogP contribution in [0.2, 0.25) is 0 Å². The maximum atomic E-state index is 9.10. The van der Waals surface area contributed by atoms with E-state index in [-0.39, 0.29) is 0 Å². The van der Waals surface area contributed by atoms with E-state index < -0.39 is 5.54 Å². The molecule has 0 aromatic heterocycles. The number of aryl methyl sites for hydroxylation is 1. The molecule has 0 amide bonds. The fraction of sp³-hybridized carbons (Fsp3) is 0.364. The molecule has 3 N–H and O–H groups in total. The number of nitriles is 1. The molecular weight excluding hydrogens is 190 g/mol. The number of nitrogens with two attached hydrogens (primary N) is 1. The molecule has 0 saturated carbocycles. The predicted octanol–water partition coefficient (Wildman–Crippen LogP) is 1.21. The van der Waals surface area contributed by atoms with Crippen LogP contribution in [-0.2, 0) is 5.54 Å². The monoisotopic (exact) mass is 205 g/mol. The minimum atomic E-state index is -0.933. The van der Waals surface area contributed by atoms with Crippen molar-refractivity contribution in [1.82, 2.24) is 5.43 Å². The molecule has 0 fully saturated rings. The number of hydrazine groups is 1. The lowest BCUT2D eigenvalue weighted by atomic mass is 9.92. The van der Waals surface area contributed by atoms with Gasteiger partial charge in [-0.05, 0) is 26.0 Å². The van der Waals surface area contributed by atoms with Crippen molar-refractivity contribution in [2.75, 3.05) is 7.11 Å². The second kappa shape index (κ2) is 4.30. The molecule has 0 aliphatic heterocycles. The largest absolute Gasteiger partial charge is 0.496 e. The zero-order chi connectivity index (χ0) is 11.5. The summed E-state index contributed by atoms with van der Waals surface area (Å²) in [5.41, 5.74) is 3.38. The average Bonchev–Trinajstić information content (AvgIpc) is 2.28. The zero-order valence-corrected chi connectivity index (χ0v) is 9.16. The van der Waals surface area contributed by atoms with Crippen LogP contribution in [0, 0.1) is 18.3 Å². The number of benzene rings is 1. The summed E-state index contributed by atoms with van der Waals surface area (Å²) in [5, 5.41) is 9.10. The van der Waals surface area contributed by atoms with Gasteiger partial charge < -0.3 is 4.74 Å². The summed E-state index contributed by atoms with van der Waals surface area (Å²) in [7, 11) is 1.57. The van der Waals surface area contributed by atoms with Crippen LogP contribution in [0.15, 0.2) is 18.2 Å². The van der Waals surface area contributed by atoms with Crippen LogP contribution in [0.4, 0.5) is 0 Å². The van der Waals surface area contributed by atoms with Gasteiger partial charge in [0, 0.05) is 5.56 Å². The molecule has 1 atom stereocenters. The molecule has 15 heavy (non-hydrogen) atoms. The highest BCUT2D eigenvalue weighted by molar-refractivity contribution is 5.44. The Bertz CT molecular complexity index is 397. The summed E-state index contributed by atoms with van der Waals surface area (Å²) < 4.78 is 5.20. The lowest BCUT2D eigenvalue weighted by molar-refractivity contribution is 0.387. The van der Waals surface area contributed by atoms with Crippen molar-refractivity contribution in [3.63, 3.8) is 0 Å². The molecule has 0 bridgehead atoms. The second-order valence-corrected chi connectivity index (χ2v) is 3.58. The lowest BCUT2D eigenvalue weighted by Gasteiger charge is -2.23. The van der Waals surface area contributed by atoms with E-state index in [0.29, 0.717) is 5.75 Å². The SMILES string of the molecule is COc1ccc(C)cc1C(C)(C#N)NN. The smallest absolute Gasteiger partial charge is 0.145 e. The van der Waals surface area contributed by atoms with E-state index in [2.05, 4.69) is 11.5 Å². The number of ether oxygens (including phenoxy) is 1. The first kappa shape index (κ1) is 11.5. The van der Waals surface area contributed by atoms with Crippen molar-refractivity contribution in [2.45, 2.75) is 19.4 Å². The Kier molecular flexibility index (Phi) is 3.30. The summed E-state index contributed by atoms with van der Waals surface area (Å²) in [4.78, 5) is 0. The first-order chi connectivity index (χ1) is 7.07. The van der Waals surface area contributed by atoms with Crippen molar-refractivity contribution in [2.24, 2.45) is 5.84 Å². The molecule has 1 aromatic rings. The van der Waals surface area contributed by atoms with E-state index in [1.54, 1.807) is 14.0 Å². The van der Waals surface area contributed by atoms with E-state index in [1.165, 1.54) is 0 Å². The molecule has 0 saturated heterocycles. The predicted molar refractivity (Wildman–Crippen MR) is 58.0 cm³/mol. The van der Waals surface area contributed by atoms with E-state index in [4.69, 9.17) is 15.8 Å². The standard InChI is InChI=1S/C11H15N3O/c1-8-4-5-10(15-3)9(6-8)11(2,7-12)14-13/h4-6,14H,13H2,1-3H3. The number of rotatable bonds is 3. The molecule has 0 aliphatic carbocycles. The second-order valence-electron chi connectivity index (χ2n) is 3.58. The molecule has 0 heterocycles. The van der Waals surface area contributed by atoms with Gasteiger partial charge >= 0.3 is 0 Å². The summed E-state index contributed by atoms with van der Waals surface area (Å²) in [6.45, 7) is 3.67. The molecule has 1 unspecified atom stereocenters. The van der Waals surface area contributed by atoms with Gasteiger partial charge in [-0.2, -0.15) is 5.26 Å². The first-order valence-corrected chi connectivity index (χ1v) is 4.61. The average molecular weight is 205 g/mol. The van der Waals surface area contributed by atoms with Gasteiger partial charge in [-0.1, -0.05) is 11.6 Å².